The van der Waals surface area contributed by atoms with Gasteiger partial charge in [0, 0.05) is 12.1 Å². The number of fused-ring (bicyclic) bond motifs is 1. The molecule has 1 aliphatic rings. The molecule has 1 heterocycles. The van der Waals surface area contributed by atoms with Crippen molar-refractivity contribution in [1.82, 2.24) is 9.55 Å². The van der Waals surface area contributed by atoms with Gasteiger partial charge in [-0.2, -0.15) is 0 Å². The minimum atomic E-state index is -0.196. The van der Waals surface area contributed by atoms with Crippen LogP contribution in [0.25, 0.3) is 11.0 Å². The van der Waals surface area contributed by atoms with Crippen LogP contribution < -0.4 is 0 Å². The van der Waals surface area contributed by atoms with Crippen LogP contribution in [0.4, 0.5) is 4.39 Å². The smallest absolute Gasteiger partial charge is 0.128 e. The third-order valence-corrected chi connectivity index (χ3v) is 5.08. The summed E-state index contributed by atoms with van der Waals surface area (Å²) in [7, 11) is 0. The molecule has 0 unspecified atom stereocenters. The summed E-state index contributed by atoms with van der Waals surface area (Å²) in [5.41, 5.74) is 2.84. The lowest BCUT2D eigenvalue weighted by Crippen LogP contribution is -2.24. The highest BCUT2D eigenvalue weighted by Gasteiger charge is 2.29. The largest absolute Gasteiger partial charge is 0.324 e. The number of imidazole rings is 1. The first kappa shape index (κ1) is 14.8. The zero-order chi connectivity index (χ0) is 15.2. The Morgan fingerprint density at radius 1 is 1.33 bits per heavy atom. The first-order chi connectivity index (χ1) is 9.91. The Morgan fingerprint density at radius 2 is 2.00 bits per heavy atom. The fourth-order valence-electron chi connectivity index (χ4n) is 3.41. The van der Waals surface area contributed by atoms with Crippen molar-refractivity contribution < 1.29 is 4.39 Å². The lowest BCUT2D eigenvalue weighted by atomic mass is 9.75. The maximum Gasteiger partial charge on any atom is 0.128 e. The molecular weight excluding hydrogens is 287 g/mol. The van der Waals surface area contributed by atoms with Crippen LogP contribution in [0.1, 0.15) is 57.0 Å². The van der Waals surface area contributed by atoms with Crippen LogP contribution >= 0.6 is 11.6 Å². The fraction of sp³-hybridized carbons (Fsp3) is 0.588. The van der Waals surface area contributed by atoms with Crippen LogP contribution in [-0.2, 0) is 5.88 Å². The van der Waals surface area contributed by atoms with Crippen molar-refractivity contribution in [3.05, 3.63) is 29.3 Å². The first-order valence-electron chi connectivity index (χ1n) is 7.64. The number of aromatic nitrogens is 2. The maximum absolute atomic E-state index is 13.8. The summed E-state index contributed by atoms with van der Waals surface area (Å²) in [6.45, 7) is 6.46. The quantitative estimate of drug-likeness (QED) is 0.682. The van der Waals surface area contributed by atoms with Crippen LogP contribution in [-0.4, -0.2) is 9.55 Å². The Balaban J connectivity index is 2.06. The van der Waals surface area contributed by atoms with E-state index in [4.69, 9.17) is 11.6 Å². The normalized spacial score (nSPS) is 19.3. The minimum Gasteiger partial charge on any atom is -0.324 e. The molecule has 21 heavy (non-hydrogen) atoms. The van der Waals surface area contributed by atoms with Crippen LogP contribution in [0.3, 0.4) is 0 Å². The molecular formula is C17H22ClFN2. The lowest BCUT2D eigenvalue weighted by molar-refractivity contribution is 0.194. The van der Waals surface area contributed by atoms with Gasteiger partial charge >= 0.3 is 0 Å². The monoisotopic (exact) mass is 308 g/mol. The highest BCUT2D eigenvalue weighted by Crippen LogP contribution is 2.42. The van der Waals surface area contributed by atoms with E-state index in [1.165, 1.54) is 18.9 Å². The molecule has 2 nitrogen and oxygen atoms in total. The van der Waals surface area contributed by atoms with E-state index in [0.29, 0.717) is 22.9 Å². The van der Waals surface area contributed by atoms with Crippen LogP contribution in [0, 0.1) is 18.2 Å². The Kier molecular flexibility index (Phi) is 3.73. The number of alkyl halides is 1. The Bertz CT molecular complexity index is 665. The Labute approximate surface area is 130 Å². The second-order valence-corrected chi connectivity index (χ2v) is 7.28. The predicted octanol–water partition coefficient (Wildman–Crippen LogP) is 5.36. The van der Waals surface area contributed by atoms with Crippen molar-refractivity contribution in [3.8, 4) is 0 Å². The number of rotatable bonds is 2. The molecule has 3 rings (SSSR count). The molecule has 0 bridgehead atoms. The number of halogens is 2. The third-order valence-electron chi connectivity index (χ3n) is 4.84. The molecule has 1 aliphatic carbocycles. The van der Waals surface area contributed by atoms with Crippen LogP contribution in [0.2, 0.25) is 0 Å². The SMILES string of the molecule is Cc1cc2c(cc1F)nc(CCl)n2C1CCC(C)(C)CC1. The zero-order valence-electron chi connectivity index (χ0n) is 12.9. The number of nitrogens with zero attached hydrogens (tertiary/aromatic N) is 2. The standard InChI is InChI=1S/C17H22ClFN2/c1-11-8-15-14(9-13(11)19)20-16(10-18)21(15)12-4-6-17(2,3)7-5-12/h8-9,12H,4-7,10H2,1-3H3. The molecule has 0 radical (unpaired) electrons. The number of hydrogen-bond donors (Lipinski definition) is 0. The summed E-state index contributed by atoms with van der Waals surface area (Å²) in [6, 6.07) is 3.87. The van der Waals surface area contributed by atoms with Gasteiger partial charge in [0.15, 0.2) is 0 Å². The van der Waals surface area contributed by atoms with E-state index in [9.17, 15) is 4.39 Å². The minimum absolute atomic E-state index is 0.196. The maximum atomic E-state index is 13.8. The van der Waals surface area contributed by atoms with Crippen molar-refractivity contribution in [2.75, 3.05) is 0 Å². The molecule has 2 aromatic rings. The average molecular weight is 309 g/mol. The molecule has 0 N–H and O–H groups in total. The molecule has 0 aliphatic heterocycles. The number of aryl methyl sites for hydroxylation is 1. The topological polar surface area (TPSA) is 17.8 Å². The summed E-state index contributed by atoms with van der Waals surface area (Å²) in [6.07, 6.45) is 4.69. The number of benzene rings is 1. The second-order valence-electron chi connectivity index (χ2n) is 7.02. The third kappa shape index (κ3) is 2.68. The first-order valence-corrected chi connectivity index (χ1v) is 8.18. The summed E-state index contributed by atoms with van der Waals surface area (Å²) in [5.74, 6) is 1.04. The molecule has 1 aromatic heterocycles. The van der Waals surface area contributed by atoms with Gasteiger partial charge in [0.1, 0.15) is 11.6 Å². The van der Waals surface area contributed by atoms with E-state index in [0.717, 1.165) is 29.7 Å². The van der Waals surface area contributed by atoms with Gasteiger partial charge in [0.2, 0.25) is 0 Å². The van der Waals surface area contributed by atoms with Gasteiger partial charge in [-0.3, -0.25) is 0 Å². The van der Waals surface area contributed by atoms with Gasteiger partial charge < -0.3 is 4.57 Å². The van der Waals surface area contributed by atoms with Crippen molar-refractivity contribution in [2.24, 2.45) is 5.41 Å². The van der Waals surface area contributed by atoms with Crippen molar-refractivity contribution in [3.63, 3.8) is 0 Å². The molecule has 1 aromatic carbocycles. The molecule has 4 heteroatoms. The van der Waals surface area contributed by atoms with Gasteiger partial charge in [-0.25, -0.2) is 9.37 Å². The van der Waals surface area contributed by atoms with Gasteiger partial charge in [-0.1, -0.05) is 13.8 Å². The molecule has 0 amide bonds. The van der Waals surface area contributed by atoms with Gasteiger partial charge in [-0.05, 0) is 49.7 Å². The van der Waals surface area contributed by atoms with Crippen molar-refractivity contribution in [2.45, 2.75) is 58.4 Å². The summed E-state index contributed by atoms with van der Waals surface area (Å²) in [5, 5.41) is 0. The van der Waals surface area contributed by atoms with Crippen LogP contribution in [0.5, 0.6) is 0 Å². The average Bonchev–Trinajstić information content (AvgIpc) is 2.77. The molecule has 114 valence electrons. The van der Waals surface area contributed by atoms with E-state index in [1.54, 1.807) is 6.92 Å². The Morgan fingerprint density at radius 3 is 2.62 bits per heavy atom. The lowest BCUT2D eigenvalue weighted by Gasteiger charge is -2.35. The van der Waals surface area contributed by atoms with Gasteiger partial charge in [0.05, 0.1) is 16.9 Å². The molecule has 1 saturated carbocycles. The van der Waals surface area contributed by atoms with E-state index < -0.39 is 0 Å². The van der Waals surface area contributed by atoms with E-state index in [2.05, 4.69) is 23.4 Å². The molecule has 0 saturated heterocycles. The zero-order valence-corrected chi connectivity index (χ0v) is 13.7. The summed E-state index contributed by atoms with van der Waals surface area (Å²) >= 11 is 6.08. The van der Waals surface area contributed by atoms with E-state index in [1.807, 2.05) is 6.07 Å². The van der Waals surface area contributed by atoms with E-state index in [-0.39, 0.29) is 5.82 Å². The van der Waals surface area contributed by atoms with Crippen molar-refractivity contribution in [1.29, 1.82) is 0 Å². The highest BCUT2D eigenvalue weighted by atomic mass is 35.5. The van der Waals surface area contributed by atoms with Crippen LogP contribution in [0.15, 0.2) is 12.1 Å². The second kappa shape index (κ2) is 5.28. The molecule has 1 fully saturated rings. The summed E-state index contributed by atoms with van der Waals surface area (Å²) < 4.78 is 16.0. The van der Waals surface area contributed by atoms with Gasteiger partial charge in [-0.15, -0.1) is 11.6 Å². The predicted molar refractivity (Wildman–Crippen MR) is 85.3 cm³/mol. The van der Waals surface area contributed by atoms with E-state index >= 15 is 0 Å². The number of hydrogen-bond acceptors (Lipinski definition) is 1. The molecule has 0 atom stereocenters. The fourth-order valence-corrected chi connectivity index (χ4v) is 3.60. The van der Waals surface area contributed by atoms with Crippen molar-refractivity contribution >= 4 is 22.6 Å². The van der Waals surface area contributed by atoms with Gasteiger partial charge in [0.25, 0.3) is 0 Å². The Hall–Kier alpha value is -1.09. The highest BCUT2D eigenvalue weighted by molar-refractivity contribution is 6.16. The summed E-state index contributed by atoms with van der Waals surface area (Å²) in [4.78, 5) is 4.54. The molecule has 0 spiro atoms.